The van der Waals surface area contributed by atoms with Crippen LogP contribution in [0.25, 0.3) is 0 Å². The Bertz CT molecular complexity index is 576. The van der Waals surface area contributed by atoms with Crippen LogP contribution in [0.3, 0.4) is 0 Å². The molecule has 2 aliphatic heterocycles. The number of ether oxygens (including phenoxy) is 1. The highest BCUT2D eigenvalue weighted by molar-refractivity contribution is 5.92. The summed E-state index contributed by atoms with van der Waals surface area (Å²) < 4.78 is 5.33. The average Bonchev–Trinajstić information content (AvgIpc) is 2.77. The van der Waals surface area contributed by atoms with Crippen molar-refractivity contribution >= 4 is 12.0 Å². The molecule has 1 aromatic rings. The molecular formula is C17H23N3O3. The Labute approximate surface area is 136 Å². The normalized spacial score (nSPS) is 24.9. The summed E-state index contributed by atoms with van der Waals surface area (Å²) in [5, 5.41) is 0. The van der Waals surface area contributed by atoms with Gasteiger partial charge in [0.2, 0.25) is 0 Å². The van der Waals surface area contributed by atoms with E-state index in [2.05, 4.69) is 4.98 Å². The average molecular weight is 317 g/mol. The minimum absolute atomic E-state index is 0.0346. The van der Waals surface area contributed by atoms with E-state index in [0.717, 1.165) is 12.8 Å². The molecule has 0 saturated carbocycles. The van der Waals surface area contributed by atoms with Gasteiger partial charge < -0.3 is 14.5 Å². The van der Waals surface area contributed by atoms with Gasteiger partial charge in [-0.3, -0.25) is 9.78 Å². The number of carbonyl (C=O) groups excluding carboxylic acids is 2. The van der Waals surface area contributed by atoms with E-state index in [9.17, 15) is 9.59 Å². The number of cyclic esters (lactones) is 1. The molecule has 0 spiro atoms. The molecule has 1 aromatic heterocycles. The van der Waals surface area contributed by atoms with Crippen LogP contribution < -0.4 is 0 Å². The Morgan fingerprint density at radius 3 is 2.78 bits per heavy atom. The molecule has 2 fully saturated rings. The van der Waals surface area contributed by atoms with Crippen LogP contribution >= 0.6 is 0 Å². The molecule has 6 heteroatoms. The number of carbonyl (C=O) groups is 2. The Kier molecular flexibility index (Phi) is 4.50. The lowest BCUT2D eigenvalue weighted by Crippen LogP contribution is -2.54. The van der Waals surface area contributed by atoms with Crippen LogP contribution in [-0.4, -0.2) is 58.6 Å². The zero-order valence-electron chi connectivity index (χ0n) is 13.6. The monoisotopic (exact) mass is 317 g/mol. The highest BCUT2D eigenvalue weighted by Gasteiger charge is 2.40. The maximum absolute atomic E-state index is 12.6. The lowest BCUT2D eigenvalue weighted by Gasteiger charge is -2.41. The van der Waals surface area contributed by atoms with Gasteiger partial charge in [0.05, 0.1) is 6.61 Å². The fraction of sp³-hybridized carbons (Fsp3) is 0.588. The molecule has 0 radical (unpaired) electrons. The van der Waals surface area contributed by atoms with Gasteiger partial charge in [0.1, 0.15) is 5.69 Å². The minimum Gasteiger partial charge on any atom is -0.449 e. The van der Waals surface area contributed by atoms with Gasteiger partial charge in [-0.1, -0.05) is 6.07 Å². The highest BCUT2D eigenvalue weighted by Crippen LogP contribution is 2.29. The van der Waals surface area contributed by atoms with Crippen molar-refractivity contribution in [1.29, 1.82) is 0 Å². The van der Waals surface area contributed by atoms with E-state index in [1.54, 1.807) is 18.3 Å². The molecule has 124 valence electrons. The van der Waals surface area contributed by atoms with Crippen LogP contribution in [0.4, 0.5) is 4.79 Å². The van der Waals surface area contributed by atoms with E-state index >= 15 is 0 Å². The third-order valence-corrected chi connectivity index (χ3v) is 4.73. The lowest BCUT2D eigenvalue weighted by molar-refractivity contribution is -0.00597. The number of nitrogens with zero attached hydrogens (tertiary/aromatic N) is 3. The largest absolute Gasteiger partial charge is 0.449 e. The first-order chi connectivity index (χ1) is 11.1. The molecule has 2 atom stereocenters. The highest BCUT2D eigenvalue weighted by atomic mass is 16.6. The predicted molar refractivity (Wildman–Crippen MR) is 85.0 cm³/mol. The van der Waals surface area contributed by atoms with Gasteiger partial charge in [0.25, 0.3) is 5.91 Å². The summed E-state index contributed by atoms with van der Waals surface area (Å²) in [6.07, 6.45) is 3.04. The second-order valence-corrected chi connectivity index (χ2v) is 6.49. The summed E-state index contributed by atoms with van der Waals surface area (Å²) in [6, 6.07) is 5.63. The summed E-state index contributed by atoms with van der Waals surface area (Å²) in [7, 11) is 0. The van der Waals surface area contributed by atoms with Crippen LogP contribution in [0.5, 0.6) is 0 Å². The molecule has 0 aromatic carbocycles. The van der Waals surface area contributed by atoms with Gasteiger partial charge in [-0.25, -0.2) is 4.79 Å². The van der Waals surface area contributed by atoms with E-state index in [-0.39, 0.29) is 30.0 Å². The first-order valence-corrected chi connectivity index (χ1v) is 8.23. The molecule has 2 saturated heterocycles. The zero-order chi connectivity index (χ0) is 16.4. The van der Waals surface area contributed by atoms with Crippen LogP contribution in [0.1, 0.15) is 37.2 Å². The first-order valence-electron chi connectivity index (χ1n) is 8.23. The number of amides is 2. The third kappa shape index (κ3) is 3.16. The van der Waals surface area contributed by atoms with Crippen molar-refractivity contribution in [3.8, 4) is 0 Å². The van der Waals surface area contributed by atoms with E-state index in [0.29, 0.717) is 25.4 Å². The third-order valence-electron chi connectivity index (χ3n) is 4.73. The number of fused-ring (bicyclic) bond motifs is 1. The van der Waals surface area contributed by atoms with Gasteiger partial charge in [0, 0.05) is 37.3 Å². The van der Waals surface area contributed by atoms with Crippen molar-refractivity contribution in [3.05, 3.63) is 30.1 Å². The van der Waals surface area contributed by atoms with Gasteiger partial charge in [-0.15, -0.1) is 0 Å². The van der Waals surface area contributed by atoms with Gasteiger partial charge in [-0.2, -0.15) is 0 Å². The zero-order valence-corrected chi connectivity index (χ0v) is 13.6. The van der Waals surface area contributed by atoms with Crippen molar-refractivity contribution in [2.24, 2.45) is 5.92 Å². The number of pyridine rings is 1. The lowest BCUT2D eigenvalue weighted by atomic mass is 9.92. The quantitative estimate of drug-likeness (QED) is 0.838. The predicted octanol–water partition coefficient (Wildman–Crippen LogP) is 2.16. The van der Waals surface area contributed by atoms with Crippen LogP contribution in [0.2, 0.25) is 0 Å². The molecule has 0 aliphatic carbocycles. The van der Waals surface area contributed by atoms with E-state index < -0.39 is 0 Å². The van der Waals surface area contributed by atoms with Crippen molar-refractivity contribution in [1.82, 2.24) is 14.8 Å². The summed E-state index contributed by atoms with van der Waals surface area (Å²) >= 11 is 0. The molecule has 3 heterocycles. The topological polar surface area (TPSA) is 62.7 Å². The fourth-order valence-electron chi connectivity index (χ4n) is 3.55. The molecule has 3 rings (SSSR count). The maximum Gasteiger partial charge on any atom is 0.410 e. The number of rotatable bonds is 2. The first kappa shape index (κ1) is 15.8. The van der Waals surface area contributed by atoms with E-state index in [4.69, 9.17) is 4.74 Å². The van der Waals surface area contributed by atoms with Gasteiger partial charge in [0.15, 0.2) is 0 Å². The fourth-order valence-corrected chi connectivity index (χ4v) is 3.55. The summed E-state index contributed by atoms with van der Waals surface area (Å²) in [5.41, 5.74) is 0.477. The van der Waals surface area contributed by atoms with Crippen molar-refractivity contribution in [2.45, 2.75) is 38.8 Å². The smallest absolute Gasteiger partial charge is 0.410 e. The van der Waals surface area contributed by atoms with E-state index in [1.165, 1.54) is 0 Å². The summed E-state index contributed by atoms with van der Waals surface area (Å²) in [5.74, 6) is 0.254. The molecule has 6 nitrogen and oxygen atoms in total. The standard InChI is InChI=1S/C17H23N3O3/c1-12(2)20-15-7-10-19(9-6-13(15)11-23-17(20)22)16(21)14-5-3-4-8-18-14/h3-5,8,12-13,15H,6-7,9-11H2,1-2H3/t13-,15+/m1/s1. The van der Waals surface area contributed by atoms with Crippen molar-refractivity contribution in [2.75, 3.05) is 19.7 Å². The number of aromatic nitrogens is 1. The van der Waals surface area contributed by atoms with Crippen molar-refractivity contribution < 1.29 is 14.3 Å². The van der Waals surface area contributed by atoms with Crippen LogP contribution in [0, 0.1) is 5.92 Å². The number of hydrogen-bond acceptors (Lipinski definition) is 4. The maximum atomic E-state index is 12.6. The number of likely N-dealkylation sites (tertiary alicyclic amines) is 1. The summed E-state index contributed by atoms with van der Waals surface area (Å²) in [4.78, 5) is 32.5. The molecule has 23 heavy (non-hydrogen) atoms. The van der Waals surface area contributed by atoms with E-state index in [1.807, 2.05) is 29.7 Å². The Morgan fingerprint density at radius 2 is 2.09 bits per heavy atom. The molecule has 0 unspecified atom stereocenters. The Hall–Kier alpha value is -2.11. The molecule has 0 N–H and O–H groups in total. The van der Waals surface area contributed by atoms with Gasteiger partial charge in [-0.05, 0) is 38.8 Å². The number of hydrogen-bond donors (Lipinski definition) is 0. The van der Waals surface area contributed by atoms with Crippen LogP contribution in [-0.2, 0) is 4.74 Å². The molecule has 2 amide bonds. The summed E-state index contributed by atoms with van der Waals surface area (Å²) in [6.45, 7) is 5.79. The Morgan fingerprint density at radius 1 is 1.30 bits per heavy atom. The van der Waals surface area contributed by atoms with Crippen LogP contribution in [0.15, 0.2) is 24.4 Å². The second-order valence-electron chi connectivity index (χ2n) is 6.49. The molecule has 0 bridgehead atoms. The minimum atomic E-state index is -0.231. The SMILES string of the molecule is CC(C)N1C(=O)OC[C@H]2CCN(C(=O)c3ccccn3)CC[C@@H]21. The molecule has 2 aliphatic rings. The second kappa shape index (κ2) is 6.56. The Balaban J connectivity index is 1.74. The molecular weight excluding hydrogens is 294 g/mol. The van der Waals surface area contributed by atoms with Crippen molar-refractivity contribution in [3.63, 3.8) is 0 Å². The van der Waals surface area contributed by atoms with Gasteiger partial charge >= 0.3 is 6.09 Å².